The molecule has 21 heavy (non-hydrogen) atoms. The van der Waals surface area contributed by atoms with Gasteiger partial charge in [-0.05, 0) is 37.0 Å². The molecule has 3 nitrogen and oxygen atoms in total. The first-order chi connectivity index (χ1) is 9.81. The lowest BCUT2D eigenvalue weighted by molar-refractivity contribution is 0.590. The van der Waals surface area contributed by atoms with Crippen LogP contribution in [0.5, 0.6) is 0 Å². The summed E-state index contributed by atoms with van der Waals surface area (Å²) in [6.07, 6.45) is 0. The molecule has 112 valence electrons. The zero-order valence-corrected chi connectivity index (χ0v) is 14.4. The minimum Gasteiger partial charge on any atom is -0.373 e. The maximum atomic E-state index is 4.56. The molecule has 0 aliphatic carbocycles. The van der Waals surface area contributed by atoms with Gasteiger partial charge in [0.2, 0.25) is 0 Å². The fourth-order valence-electron chi connectivity index (χ4n) is 2.08. The molecule has 0 unspecified atom stereocenters. The molecule has 0 saturated heterocycles. The quantitative estimate of drug-likeness (QED) is 0.842. The zero-order valence-electron chi connectivity index (χ0n) is 13.6. The van der Waals surface area contributed by atoms with Crippen molar-refractivity contribution in [3.63, 3.8) is 0 Å². The Hall–Kier alpha value is -1.55. The Labute approximate surface area is 131 Å². The molecule has 0 radical (unpaired) electrons. The number of anilines is 1. The van der Waals surface area contributed by atoms with Crippen LogP contribution >= 0.6 is 11.8 Å². The summed E-state index contributed by atoms with van der Waals surface area (Å²) >= 11 is 1.69. The molecule has 0 spiro atoms. The lowest BCUT2D eigenvalue weighted by atomic mass is 9.87. The molecule has 2 aromatic rings. The third kappa shape index (κ3) is 3.76. The van der Waals surface area contributed by atoms with Crippen molar-refractivity contribution in [1.29, 1.82) is 0 Å². The minimum atomic E-state index is 0.184. The summed E-state index contributed by atoms with van der Waals surface area (Å²) in [5.41, 5.74) is 2.62. The van der Waals surface area contributed by atoms with Gasteiger partial charge in [0, 0.05) is 17.5 Å². The van der Waals surface area contributed by atoms with Crippen LogP contribution in [-0.2, 0) is 5.41 Å². The highest BCUT2D eigenvalue weighted by Crippen LogP contribution is 2.32. The summed E-state index contributed by atoms with van der Waals surface area (Å²) in [5, 5.41) is 4.14. The predicted molar refractivity (Wildman–Crippen MR) is 90.3 cm³/mol. The highest BCUT2D eigenvalue weighted by molar-refractivity contribution is 7.99. The first kappa shape index (κ1) is 15.8. The minimum absolute atomic E-state index is 0.184. The molecule has 0 atom stereocenters. The molecule has 1 N–H and O–H groups in total. The lowest BCUT2D eigenvalue weighted by Gasteiger charge is -2.19. The summed E-state index contributed by atoms with van der Waals surface area (Å²) < 4.78 is 0. The van der Waals surface area contributed by atoms with Crippen LogP contribution in [0, 0.1) is 13.8 Å². The van der Waals surface area contributed by atoms with Crippen LogP contribution in [0.25, 0.3) is 0 Å². The number of hydrogen-bond acceptors (Lipinski definition) is 4. The van der Waals surface area contributed by atoms with Gasteiger partial charge in [-0.2, -0.15) is 0 Å². The van der Waals surface area contributed by atoms with E-state index in [9.17, 15) is 0 Å². The number of aryl methyl sites for hydroxylation is 1. The van der Waals surface area contributed by atoms with Crippen molar-refractivity contribution in [1.82, 2.24) is 9.97 Å². The molecule has 1 aromatic heterocycles. The molecule has 0 bridgehead atoms. The van der Waals surface area contributed by atoms with Gasteiger partial charge >= 0.3 is 0 Å². The third-order valence-electron chi connectivity index (χ3n) is 3.38. The van der Waals surface area contributed by atoms with Crippen molar-refractivity contribution in [2.75, 3.05) is 12.4 Å². The van der Waals surface area contributed by atoms with Gasteiger partial charge in [-0.25, -0.2) is 9.97 Å². The van der Waals surface area contributed by atoms with E-state index in [1.807, 2.05) is 14.0 Å². The Kier molecular flexibility index (Phi) is 4.57. The Morgan fingerprint density at radius 2 is 1.62 bits per heavy atom. The molecule has 1 heterocycles. The third-order valence-corrected chi connectivity index (χ3v) is 4.48. The van der Waals surface area contributed by atoms with Crippen LogP contribution in [0.3, 0.4) is 0 Å². The van der Waals surface area contributed by atoms with Gasteiger partial charge in [0.15, 0.2) is 0 Å². The van der Waals surface area contributed by atoms with Gasteiger partial charge in [0.05, 0.1) is 0 Å². The summed E-state index contributed by atoms with van der Waals surface area (Å²) in [5.74, 6) is 1.69. The van der Waals surface area contributed by atoms with Gasteiger partial charge in [0.1, 0.15) is 16.7 Å². The summed E-state index contributed by atoms with van der Waals surface area (Å²) in [6, 6.07) is 8.73. The second-order valence-electron chi connectivity index (χ2n) is 6.18. The molecule has 4 heteroatoms. The van der Waals surface area contributed by atoms with Crippen LogP contribution in [0.1, 0.15) is 37.7 Å². The van der Waals surface area contributed by atoms with Gasteiger partial charge in [0.25, 0.3) is 0 Å². The molecule has 0 aliphatic heterocycles. The van der Waals surface area contributed by atoms with Crippen molar-refractivity contribution < 1.29 is 0 Å². The Bertz CT molecular complexity index is 628. The van der Waals surface area contributed by atoms with E-state index in [0.29, 0.717) is 0 Å². The highest BCUT2D eigenvalue weighted by Gasteiger charge is 2.14. The first-order valence-corrected chi connectivity index (χ1v) is 7.94. The van der Waals surface area contributed by atoms with Crippen molar-refractivity contribution >= 4 is 17.6 Å². The number of nitrogens with one attached hydrogen (secondary N) is 1. The van der Waals surface area contributed by atoms with E-state index in [1.165, 1.54) is 10.5 Å². The summed E-state index contributed by atoms with van der Waals surface area (Å²) in [6.45, 7) is 10.7. The number of nitrogens with zero attached hydrogens (tertiary/aromatic N) is 2. The molecular formula is C17H23N3S. The van der Waals surface area contributed by atoms with Crippen LogP contribution in [0.15, 0.2) is 34.2 Å². The smallest absolute Gasteiger partial charge is 0.133 e. The Morgan fingerprint density at radius 1 is 1.00 bits per heavy atom. The van der Waals surface area contributed by atoms with E-state index in [4.69, 9.17) is 0 Å². The standard InChI is InChI=1S/C17H23N3S/c1-11-15(18-6)19-12(2)20-16(11)21-14-9-7-13(8-10-14)17(3,4)5/h7-10H,1-6H3,(H,18,19,20). The summed E-state index contributed by atoms with van der Waals surface area (Å²) in [7, 11) is 1.89. The van der Waals surface area contributed by atoms with Crippen molar-refractivity contribution in [2.24, 2.45) is 0 Å². The second kappa shape index (κ2) is 6.06. The fraction of sp³-hybridized carbons (Fsp3) is 0.412. The van der Waals surface area contributed by atoms with Gasteiger partial charge in [-0.3, -0.25) is 0 Å². The molecule has 0 saturated carbocycles. The number of rotatable bonds is 3. The van der Waals surface area contributed by atoms with E-state index < -0.39 is 0 Å². The fourth-order valence-corrected chi connectivity index (χ4v) is 3.00. The average molecular weight is 301 g/mol. The van der Waals surface area contributed by atoms with Crippen molar-refractivity contribution in [3.8, 4) is 0 Å². The maximum absolute atomic E-state index is 4.56. The number of benzene rings is 1. The average Bonchev–Trinajstić information content (AvgIpc) is 2.42. The normalized spacial score (nSPS) is 11.5. The Morgan fingerprint density at radius 3 is 2.14 bits per heavy atom. The largest absolute Gasteiger partial charge is 0.373 e. The van der Waals surface area contributed by atoms with E-state index in [-0.39, 0.29) is 5.41 Å². The SMILES string of the molecule is CNc1nc(C)nc(Sc2ccc(C(C)(C)C)cc2)c1C. The van der Waals surface area contributed by atoms with E-state index >= 15 is 0 Å². The lowest BCUT2D eigenvalue weighted by Crippen LogP contribution is -2.10. The molecule has 2 rings (SSSR count). The first-order valence-electron chi connectivity index (χ1n) is 7.12. The second-order valence-corrected chi connectivity index (χ2v) is 7.24. The van der Waals surface area contributed by atoms with Crippen LogP contribution in [0.2, 0.25) is 0 Å². The van der Waals surface area contributed by atoms with Crippen LogP contribution in [0.4, 0.5) is 5.82 Å². The maximum Gasteiger partial charge on any atom is 0.133 e. The molecular weight excluding hydrogens is 278 g/mol. The van der Waals surface area contributed by atoms with Crippen molar-refractivity contribution in [2.45, 2.75) is 50.0 Å². The van der Waals surface area contributed by atoms with Crippen molar-refractivity contribution in [3.05, 3.63) is 41.2 Å². The van der Waals surface area contributed by atoms with Gasteiger partial charge in [-0.15, -0.1) is 0 Å². The number of hydrogen-bond donors (Lipinski definition) is 1. The summed E-state index contributed by atoms with van der Waals surface area (Å²) in [4.78, 5) is 10.2. The Balaban J connectivity index is 2.28. The molecule has 0 aliphatic rings. The van der Waals surface area contributed by atoms with E-state index in [1.54, 1.807) is 11.8 Å². The number of aromatic nitrogens is 2. The zero-order chi connectivity index (χ0) is 15.6. The van der Waals surface area contributed by atoms with Gasteiger partial charge in [-0.1, -0.05) is 44.7 Å². The van der Waals surface area contributed by atoms with E-state index in [2.05, 4.69) is 67.2 Å². The van der Waals surface area contributed by atoms with Gasteiger partial charge < -0.3 is 5.32 Å². The van der Waals surface area contributed by atoms with Crippen LogP contribution < -0.4 is 5.32 Å². The predicted octanol–water partition coefficient (Wildman–Crippen LogP) is 4.58. The highest BCUT2D eigenvalue weighted by atomic mass is 32.2. The molecule has 0 fully saturated rings. The topological polar surface area (TPSA) is 37.8 Å². The monoisotopic (exact) mass is 301 g/mol. The van der Waals surface area contributed by atoms with Crippen LogP contribution in [-0.4, -0.2) is 17.0 Å². The van der Waals surface area contributed by atoms with E-state index in [0.717, 1.165) is 22.2 Å². The molecule has 1 aromatic carbocycles. The molecule has 0 amide bonds.